The molecule has 1 aromatic carbocycles. The van der Waals surface area contributed by atoms with Crippen LogP contribution in [0.3, 0.4) is 0 Å². The third-order valence-corrected chi connectivity index (χ3v) is 5.94. The topological polar surface area (TPSA) is 72.6 Å². The lowest BCUT2D eigenvalue weighted by molar-refractivity contribution is 0.0244. The van der Waals surface area contributed by atoms with E-state index in [1.807, 2.05) is 54.8 Å². The van der Waals surface area contributed by atoms with Crippen LogP contribution in [0.4, 0.5) is 9.18 Å². The van der Waals surface area contributed by atoms with Crippen LogP contribution in [0.2, 0.25) is 0 Å². The van der Waals surface area contributed by atoms with Gasteiger partial charge in [-0.05, 0) is 75.9 Å². The summed E-state index contributed by atoms with van der Waals surface area (Å²) >= 11 is 0. The number of likely N-dealkylation sites (tertiary alicyclic amines) is 1. The van der Waals surface area contributed by atoms with Crippen LogP contribution in [-0.2, 0) is 4.74 Å². The first kappa shape index (κ1) is 24.5. The monoisotopic (exact) mass is 481 g/mol. The molecule has 1 saturated heterocycles. The van der Waals surface area contributed by atoms with E-state index in [0.29, 0.717) is 36.7 Å². The number of rotatable bonds is 5. The van der Waals surface area contributed by atoms with Crippen molar-refractivity contribution in [2.75, 3.05) is 26.7 Å². The summed E-state index contributed by atoms with van der Waals surface area (Å²) in [7, 11) is 1.73. The van der Waals surface area contributed by atoms with Gasteiger partial charge in [0.15, 0.2) is 5.82 Å². The first-order chi connectivity index (χ1) is 16.6. The molecule has 2 aromatic heterocycles. The third-order valence-electron chi connectivity index (χ3n) is 5.94. The van der Waals surface area contributed by atoms with Crippen molar-refractivity contribution < 1.29 is 18.7 Å². The van der Waals surface area contributed by atoms with Gasteiger partial charge in [0.25, 0.3) is 5.91 Å². The molecule has 9 heteroatoms. The maximum atomic E-state index is 13.7. The number of aromatic nitrogens is 3. The zero-order chi connectivity index (χ0) is 25.2. The zero-order valence-corrected chi connectivity index (χ0v) is 20.6. The molecule has 1 fully saturated rings. The second-order valence-electron chi connectivity index (χ2n) is 9.98. The summed E-state index contributed by atoms with van der Waals surface area (Å²) < 4.78 is 22.4. The number of amides is 2. The van der Waals surface area contributed by atoms with Gasteiger partial charge in [-0.3, -0.25) is 4.79 Å². The fraction of sp³-hybridized carbons (Fsp3) is 0.423. The minimum absolute atomic E-state index is 0.119. The Hall–Kier alpha value is -3.62. The molecule has 2 amide bonds. The molecule has 8 nitrogen and oxygen atoms in total. The summed E-state index contributed by atoms with van der Waals surface area (Å²) in [5.41, 5.74) is 0.566. The highest BCUT2D eigenvalue weighted by molar-refractivity contribution is 5.97. The Morgan fingerprint density at radius 1 is 1.17 bits per heavy atom. The van der Waals surface area contributed by atoms with Crippen LogP contribution in [0.15, 0.2) is 55.0 Å². The molecule has 0 N–H and O–H groups in total. The average Bonchev–Trinajstić information content (AvgIpc) is 3.48. The summed E-state index contributed by atoms with van der Waals surface area (Å²) in [6.45, 7) is 7.21. The van der Waals surface area contributed by atoms with E-state index in [-0.39, 0.29) is 23.7 Å². The Bertz CT molecular complexity index is 1160. The maximum Gasteiger partial charge on any atom is 0.410 e. The molecule has 1 aliphatic rings. The van der Waals surface area contributed by atoms with Gasteiger partial charge in [0.05, 0.1) is 11.9 Å². The lowest BCUT2D eigenvalue weighted by Crippen LogP contribution is -2.45. The van der Waals surface area contributed by atoms with E-state index in [0.717, 1.165) is 12.8 Å². The van der Waals surface area contributed by atoms with E-state index in [9.17, 15) is 14.0 Å². The normalized spacial score (nSPS) is 16.3. The minimum Gasteiger partial charge on any atom is -0.444 e. The second kappa shape index (κ2) is 9.93. The number of carbonyl (C=O) groups excluding carboxylic acids is 2. The molecule has 0 aliphatic carbocycles. The lowest BCUT2D eigenvalue weighted by atomic mass is 9.97. The smallest absolute Gasteiger partial charge is 0.410 e. The van der Waals surface area contributed by atoms with Crippen molar-refractivity contribution in [3.8, 4) is 11.5 Å². The predicted octanol–water partition coefficient (Wildman–Crippen LogP) is 4.52. The molecular weight excluding hydrogens is 449 g/mol. The number of hydrogen-bond donors (Lipinski definition) is 0. The average molecular weight is 482 g/mol. The van der Waals surface area contributed by atoms with E-state index >= 15 is 0 Å². The molecule has 3 aromatic rings. The Labute approximate surface area is 204 Å². The molecule has 1 unspecified atom stereocenters. The van der Waals surface area contributed by atoms with Crippen LogP contribution in [-0.4, -0.2) is 68.4 Å². The van der Waals surface area contributed by atoms with Gasteiger partial charge in [-0.1, -0.05) is 0 Å². The summed E-state index contributed by atoms with van der Waals surface area (Å²) in [6, 6.07) is 9.75. The first-order valence-corrected chi connectivity index (χ1v) is 11.8. The standard InChI is InChI=1S/C26H32FN5O3/c1-26(2,3)35-25(34)29(4)17-19-8-7-15-31(18-19)24(33)22-16-28-32(21-11-9-20(27)10-12-21)23(22)30-13-5-6-14-30/h5-6,9-14,16,19H,7-8,15,17-18H2,1-4H3. The van der Waals surface area contributed by atoms with E-state index in [1.165, 1.54) is 12.1 Å². The Balaban J connectivity index is 1.54. The number of hydrogen-bond acceptors (Lipinski definition) is 4. The Kier molecular flexibility index (Phi) is 6.95. The number of carbonyl (C=O) groups is 2. The molecular formula is C26H32FN5O3. The van der Waals surface area contributed by atoms with Crippen molar-refractivity contribution in [2.24, 2.45) is 5.92 Å². The molecule has 1 aliphatic heterocycles. The molecule has 0 spiro atoms. The van der Waals surface area contributed by atoms with Crippen LogP contribution >= 0.6 is 0 Å². The van der Waals surface area contributed by atoms with Gasteiger partial charge in [-0.25, -0.2) is 13.9 Å². The van der Waals surface area contributed by atoms with Gasteiger partial charge in [0, 0.05) is 39.1 Å². The fourth-order valence-corrected chi connectivity index (χ4v) is 4.36. The van der Waals surface area contributed by atoms with Crippen molar-refractivity contribution in [2.45, 2.75) is 39.2 Å². The zero-order valence-electron chi connectivity index (χ0n) is 20.6. The van der Waals surface area contributed by atoms with Gasteiger partial charge in [0.2, 0.25) is 0 Å². The first-order valence-electron chi connectivity index (χ1n) is 11.8. The van der Waals surface area contributed by atoms with E-state index in [1.54, 1.807) is 35.0 Å². The van der Waals surface area contributed by atoms with Crippen LogP contribution in [0, 0.1) is 11.7 Å². The molecule has 0 bridgehead atoms. The van der Waals surface area contributed by atoms with E-state index < -0.39 is 5.60 Å². The van der Waals surface area contributed by atoms with Crippen LogP contribution in [0.1, 0.15) is 44.0 Å². The third kappa shape index (κ3) is 5.72. The number of halogens is 1. The number of benzene rings is 1. The maximum absolute atomic E-state index is 13.7. The number of ether oxygens (including phenoxy) is 1. The van der Waals surface area contributed by atoms with Crippen LogP contribution < -0.4 is 0 Å². The van der Waals surface area contributed by atoms with Gasteiger partial charge in [0.1, 0.15) is 17.0 Å². The number of nitrogens with zero attached hydrogens (tertiary/aromatic N) is 5. The molecule has 3 heterocycles. The molecule has 35 heavy (non-hydrogen) atoms. The molecule has 0 saturated carbocycles. The van der Waals surface area contributed by atoms with Crippen LogP contribution in [0.5, 0.6) is 0 Å². The highest BCUT2D eigenvalue weighted by Crippen LogP contribution is 2.25. The summed E-state index contributed by atoms with van der Waals surface area (Å²) in [4.78, 5) is 29.5. The van der Waals surface area contributed by atoms with Crippen molar-refractivity contribution in [3.63, 3.8) is 0 Å². The van der Waals surface area contributed by atoms with Crippen molar-refractivity contribution >= 4 is 12.0 Å². The summed E-state index contributed by atoms with van der Waals surface area (Å²) in [5, 5.41) is 4.47. The van der Waals surface area contributed by atoms with Crippen LogP contribution in [0.25, 0.3) is 11.5 Å². The van der Waals surface area contributed by atoms with Crippen molar-refractivity contribution in [1.29, 1.82) is 0 Å². The van der Waals surface area contributed by atoms with Gasteiger partial charge in [-0.15, -0.1) is 0 Å². The van der Waals surface area contributed by atoms with Gasteiger partial charge >= 0.3 is 6.09 Å². The SMILES string of the molecule is CN(CC1CCCN(C(=O)c2cnn(-c3ccc(F)cc3)c2-n2cccc2)C1)C(=O)OC(C)(C)C. The molecule has 1 atom stereocenters. The summed E-state index contributed by atoms with van der Waals surface area (Å²) in [6.07, 6.45) is 6.68. The van der Waals surface area contributed by atoms with E-state index in [4.69, 9.17) is 4.74 Å². The lowest BCUT2D eigenvalue weighted by Gasteiger charge is -2.35. The quantitative estimate of drug-likeness (QED) is 0.537. The second-order valence-corrected chi connectivity index (χ2v) is 9.98. The Morgan fingerprint density at radius 2 is 1.86 bits per heavy atom. The number of piperidine rings is 1. The Morgan fingerprint density at radius 3 is 2.51 bits per heavy atom. The minimum atomic E-state index is -0.556. The predicted molar refractivity (Wildman–Crippen MR) is 130 cm³/mol. The largest absolute Gasteiger partial charge is 0.444 e. The van der Waals surface area contributed by atoms with Gasteiger partial charge < -0.3 is 19.1 Å². The highest BCUT2D eigenvalue weighted by Gasteiger charge is 2.30. The highest BCUT2D eigenvalue weighted by atomic mass is 19.1. The van der Waals surface area contributed by atoms with Crippen molar-refractivity contribution in [3.05, 3.63) is 66.4 Å². The molecule has 4 rings (SSSR count). The molecule has 0 radical (unpaired) electrons. The van der Waals surface area contributed by atoms with Crippen molar-refractivity contribution in [1.82, 2.24) is 24.1 Å². The summed E-state index contributed by atoms with van der Waals surface area (Å²) in [5.74, 6) is 0.286. The fourth-order valence-electron chi connectivity index (χ4n) is 4.36. The van der Waals surface area contributed by atoms with Gasteiger partial charge in [-0.2, -0.15) is 5.10 Å². The molecule has 186 valence electrons. The van der Waals surface area contributed by atoms with E-state index in [2.05, 4.69) is 5.10 Å².